The van der Waals surface area contributed by atoms with E-state index in [9.17, 15) is 4.79 Å². The van der Waals surface area contributed by atoms with Crippen molar-refractivity contribution in [1.82, 2.24) is 9.88 Å². The first kappa shape index (κ1) is 13.3. The molecule has 0 bridgehead atoms. The molecule has 1 fully saturated rings. The van der Waals surface area contributed by atoms with Gasteiger partial charge in [0, 0.05) is 25.9 Å². The minimum absolute atomic E-state index is 0.00839. The minimum atomic E-state index is -0.00839. The molecular weight excluding hydrogens is 274 g/mol. The van der Waals surface area contributed by atoms with E-state index < -0.39 is 0 Å². The Labute approximate surface area is 121 Å². The van der Waals surface area contributed by atoms with Crippen molar-refractivity contribution in [2.24, 2.45) is 5.92 Å². The Morgan fingerprint density at radius 1 is 1.60 bits per heavy atom. The predicted octanol–water partition coefficient (Wildman–Crippen LogP) is 1.72. The number of anilines is 1. The average Bonchev–Trinajstić information content (AvgIpc) is 3.05. The number of hydrogen-bond acceptors (Lipinski definition) is 5. The lowest BCUT2D eigenvalue weighted by Crippen LogP contribution is -2.28. The molecule has 1 amide bonds. The molecule has 2 aromatic heterocycles. The van der Waals surface area contributed by atoms with Gasteiger partial charge in [0.05, 0.1) is 10.4 Å². The Balaban J connectivity index is 1.84. The Bertz CT molecular complexity index is 640. The van der Waals surface area contributed by atoms with Crippen LogP contribution in [0.4, 0.5) is 5.69 Å². The molecule has 3 rings (SSSR count). The van der Waals surface area contributed by atoms with Crippen molar-refractivity contribution >= 4 is 33.1 Å². The fraction of sp³-hybridized carbons (Fsp3) is 0.429. The number of carbonyl (C=O) groups excluding carboxylic acids is 1. The first-order chi connectivity index (χ1) is 9.70. The van der Waals surface area contributed by atoms with Crippen LogP contribution in [0.25, 0.3) is 10.2 Å². The SMILES string of the molecule is Nc1c(C(=O)N2CCC(CCO)C2)sc2cccnc12. The second-order valence-corrected chi connectivity index (χ2v) is 6.17. The summed E-state index contributed by atoms with van der Waals surface area (Å²) >= 11 is 1.41. The van der Waals surface area contributed by atoms with Gasteiger partial charge in [-0.15, -0.1) is 11.3 Å². The van der Waals surface area contributed by atoms with Gasteiger partial charge in [-0.05, 0) is 30.9 Å². The largest absolute Gasteiger partial charge is 0.396 e. The van der Waals surface area contributed by atoms with E-state index >= 15 is 0 Å². The molecule has 3 N–H and O–H groups in total. The molecule has 3 heterocycles. The van der Waals surface area contributed by atoms with Crippen molar-refractivity contribution in [1.29, 1.82) is 0 Å². The quantitative estimate of drug-likeness (QED) is 0.902. The number of amides is 1. The highest BCUT2D eigenvalue weighted by atomic mass is 32.1. The molecule has 20 heavy (non-hydrogen) atoms. The summed E-state index contributed by atoms with van der Waals surface area (Å²) in [5.41, 5.74) is 7.26. The van der Waals surface area contributed by atoms with Gasteiger partial charge in [0.25, 0.3) is 5.91 Å². The molecular formula is C14H17N3O2S. The van der Waals surface area contributed by atoms with E-state index in [1.54, 1.807) is 6.20 Å². The van der Waals surface area contributed by atoms with E-state index in [2.05, 4.69) is 4.98 Å². The van der Waals surface area contributed by atoms with E-state index in [0.717, 1.165) is 24.1 Å². The summed E-state index contributed by atoms with van der Waals surface area (Å²) in [6, 6.07) is 3.78. The number of pyridine rings is 1. The maximum absolute atomic E-state index is 12.6. The number of aromatic nitrogens is 1. The molecule has 1 aliphatic heterocycles. The Hall–Kier alpha value is -1.66. The maximum Gasteiger partial charge on any atom is 0.266 e. The molecule has 0 aromatic carbocycles. The lowest BCUT2D eigenvalue weighted by atomic mass is 10.1. The third kappa shape index (κ3) is 2.25. The van der Waals surface area contributed by atoms with E-state index in [1.807, 2.05) is 17.0 Å². The normalized spacial score (nSPS) is 18.9. The lowest BCUT2D eigenvalue weighted by Gasteiger charge is -2.15. The second kappa shape index (κ2) is 5.38. The van der Waals surface area contributed by atoms with Crippen molar-refractivity contribution in [2.75, 3.05) is 25.4 Å². The van der Waals surface area contributed by atoms with Crippen LogP contribution in [0.1, 0.15) is 22.5 Å². The van der Waals surface area contributed by atoms with Crippen LogP contribution in [0.2, 0.25) is 0 Å². The predicted molar refractivity (Wildman–Crippen MR) is 79.7 cm³/mol. The van der Waals surface area contributed by atoms with Gasteiger partial charge in [-0.25, -0.2) is 0 Å². The summed E-state index contributed by atoms with van der Waals surface area (Å²) in [6.45, 7) is 1.63. The molecule has 0 aliphatic carbocycles. The monoisotopic (exact) mass is 291 g/mol. The summed E-state index contributed by atoms with van der Waals surface area (Å²) in [6.07, 6.45) is 3.40. The lowest BCUT2D eigenvalue weighted by molar-refractivity contribution is 0.0790. The zero-order valence-electron chi connectivity index (χ0n) is 11.1. The van der Waals surface area contributed by atoms with Crippen LogP contribution in [0, 0.1) is 5.92 Å². The van der Waals surface area contributed by atoms with Crippen molar-refractivity contribution in [2.45, 2.75) is 12.8 Å². The average molecular weight is 291 g/mol. The topological polar surface area (TPSA) is 79.5 Å². The van der Waals surface area contributed by atoms with Crippen molar-refractivity contribution < 1.29 is 9.90 Å². The van der Waals surface area contributed by atoms with Gasteiger partial charge in [0.1, 0.15) is 10.4 Å². The van der Waals surface area contributed by atoms with E-state index in [0.29, 0.717) is 28.5 Å². The number of likely N-dealkylation sites (tertiary alicyclic amines) is 1. The molecule has 1 saturated heterocycles. The number of nitrogens with two attached hydrogens (primary N) is 1. The van der Waals surface area contributed by atoms with Crippen LogP contribution in [0.5, 0.6) is 0 Å². The van der Waals surface area contributed by atoms with Crippen LogP contribution >= 0.6 is 11.3 Å². The second-order valence-electron chi connectivity index (χ2n) is 5.11. The van der Waals surface area contributed by atoms with Crippen molar-refractivity contribution in [3.8, 4) is 0 Å². The van der Waals surface area contributed by atoms with E-state index in [4.69, 9.17) is 10.8 Å². The fourth-order valence-corrected chi connectivity index (χ4v) is 3.73. The minimum Gasteiger partial charge on any atom is -0.396 e. The molecule has 0 spiro atoms. The Kier molecular flexibility index (Phi) is 3.58. The van der Waals surface area contributed by atoms with E-state index in [1.165, 1.54) is 11.3 Å². The number of nitrogens with zero attached hydrogens (tertiary/aromatic N) is 2. The van der Waals surface area contributed by atoms with Crippen molar-refractivity contribution in [3.05, 3.63) is 23.2 Å². The third-order valence-electron chi connectivity index (χ3n) is 3.79. The van der Waals surface area contributed by atoms with Crippen molar-refractivity contribution in [3.63, 3.8) is 0 Å². The van der Waals surface area contributed by atoms with Crippen LogP contribution in [0.3, 0.4) is 0 Å². The molecule has 6 heteroatoms. The number of aliphatic hydroxyl groups is 1. The number of nitrogen functional groups attached to an aromatic ring is 1. The zero-order chi connectivity index (χ0) is 14.1. The first-order valence-corrected chi connectivity index (χ1v) is 7.55. The van der Waals surface area contributed by atoms with Crippen LogP contribution < -0.4 is 5.73 Å². The number of rotatable bonds is 3. The molecule has 1 aliphatic rings. The number of hydrogen-bond donors (Lipinski definition) is 2. The summed E-state index contributed by atoms with van der Waals surface area (Å²) in [5.74, 6) is 0.392. The molecule has 1 unspecified atom stereocenters. The Morgan fingerprint density at radius 3 is 3.20 bits per heavy atom. The van der Waals surface area contributed by atoms with Gasteiger partial charge < -0.3 is 15.7 Å². The fourth-order valence-electron chi connectivity index (χ4n) is 2.69. The highest BCUT2D eigenvalue weighted by Gasteiger charge is 2.29. The standard InChI is InChI=1S/C14H17N3O2S/c15-11-12-10(2-1-5-16-12)20-13(11)14(19)17-6-3-9(8-17)4-7-18/h1-2,5,9,18H,3-4,6-8,15H2. The maximum atomic E-state index is 12.6. The molecule has 5 nitrogen and oxygen atoms in total. The van der Waals surface area contributed by atoms with E-state index in [-0.39, 0.29) is 12.5 Å². The summed E-state index contributed by atoms with van der Waals surface area (Å²) in [7, 11) is 0. The number of carbonyl (C=O) groups is 1. The van der Waals surface area contributed by atoms with Crippen LogP contribution in [-0.2, 0) is 0 Å². The Morgan fingerprint density at radius 2 is 2.45 bits per heavy atom. The van der Waals surface area contributed by atoms with Gasteiger partial charge in [0.2, 0.25) is 0 Å². The van der Waals surface area contributed by atoms with Crippen LogP contribution in [-0.4, -0.2) is 40.6 Å². The number of fused-ring (bicyclic) bond motifs is 1. The van der Waals surface area contributed by atoms with Gasteiger partial charge in [-0.3, -0.25) is 9.78 Å². The summed E-state index contributed by atoms with van der Waals surface area (Å²) in [5, 5.41) is 8.98. The molecule has 1 atom stereocenters. The van der Waals surface area contributed by atoms with Crippen LogP contribution in [0.15, 0.2) is 18.3 Å². The molecule has 0 radical (unpaired) electrons. The zero-order valence-corrected chi connectivity index (χ0v) is 11.9. The highest BCUT2D eigenvalue weighted by molar-refractivity contribution is 7.21. The van der Waals surface area contributed by atoms with Gasteiger partial charge in [-0.1, -0.05) is 0 Å². The number of aliphatic hydroxyl groups excluding tert-OH is 1. The van der Waals surface area contributed by atoms with Gasteiger partial charge in [0.15, 0.2) is 0 Å². The molecule has 2 aromatic rings. The first-order valence-electron chi connectivity index (χ1n) is 6.74. The third-order valence-corrected chi connectivity index (χ3v) is 4.94. The van der Waals surface area contributed by atoms with Gasteiger partial charge >= 0.3 is 0 Å². The van der Waals surface area contributed by atoms with Gasteiger partial charge in [-0.2, -0.15) is 0 Å². The summed E-state index contributed by atoms with van der Waals surface area (Å²) in [4.78, 5) is 19.2. The smallest absolute Gasteiger partial charge is 0.266 e. The highest BCUT2D eigenvalue weighted by Crippen LogP contribution is 2.34. The number of thiophene rings is 1. The molecule has 106 valence electrons. The summed E-state index contributed by atoms with van der Waals surface area (Å²) < 4.78 is 0.944. The molecule has 0 saturated carbocycles.